The van der Waals surface area contributed by atoms with Crippen molar-refractivity contribution in [2.24, 2.45) is 11.7 Å². The van der Waals surface area contributed by atoms with Crippen molar-refractivity contribution in [3.05, 3.63) is 18.2 Å². The van der Waals surface area contributed by atoms with Gasteiger partial charge in [0.2, 0.25) is 5.91 Å². The Balaban J connectivity index is 1.67. The fourth-order valence-corrected chi connectivity index (χ4v) is 3.07. The molecule has 1 aromatic rings. The van der Waals surface area contributed by atoms with Crippen LogP contribution in [0, 0.1) is 5.92 Å². The zero-order chi connectivity index (χ0) is 12.5. The minimum atomic E-state index is 0.135. The number of nitrogens with two attached hydrogens (primary N) is 1. The maximum Gasteiger partial charge on any atom is 0.226 e. The van der Waals surface area contributed by atoms with Crippen LogP contribution in [-0.4, -0.2) is 32.9 Å². The van der Waals surface area contributed by atoms with Crippen molar-refractivity contribution in [1.82, 2.24) is 14.5 Å². The summed E-state index contributed by atoms with van der Waals surface area (Å²) in [6.07, 6.45) is 7.78. The van der Waals surface area contributed by atoms with Crippen LogP contribution in [0.1, 0.15) is 31.5 Å². The van der Waals surface area contributed by atoms with Gasteiger partial charge in [-0.2, -0.15) is 0 Å². The number of nitrogens with zero attached hydrogens (tertiary/aromatic N) is 3. The molecule has 1 aliphatic heterocycles. The molecule has 1 saturated carbocycles. The largest absolute Gasteiger partial charge is 0.333 e. The van der Waals surface area contributed by atoms with E-state index in [0.717, 1.165) is 44.6 Å². The van der Waals surface area contributed by atoms with Crippen LogP contribution in [0.25, 0.3) is 0 Å². The predicted molar refractivity (Wildman–Crippen MR) is 67.6 cm³/mol. The molecule has 2 unspecified atom stereocenters. The quantitative estimate of drug-likeness (QED) is 0.797. The van der Waals surface area contributed by atoms with Gasteiger partial charge in [0.15, 0.2) is 0 Å². The zero-order valence-electron chi connectivity index (χ0n) is 10.6. The van der Waals surface area contributed by atoms with Gasteiger partial charge in [0.05, 0.1) is 6.54 Å². The van der Waals surface area contributed by atoms with Gasteiger partial charge in [-0.05, 0) is 19.3 Å². The SMILES string of the molecule is NC1CCCC(C(=O)N2CCn3ccnc3C2)C1. The maximum absolute atomic E-state index is 12.5. The lowest BCUT2D eigenvalue weighted by molar-refractivity contribution is -0.138. The van der Waals surface area contributed by atoms with E-state index < -0.39 is 0 Å². The first-order chi connectivity index (χ1) is 8.74. The Hall–Kier alpha value is -1.36. The molecule has 3 rings (SSSR count). The van der Waals surface area contributed by atoms with Gasteiger partial charge in [-0.1, -0.05) is 6.42 Å². The third-order valence-corrected chi connectivity index (χ3v) is 4.12. The summed E-state index contributed by atoms with van der Waals surface area (Å²) in [5.74, 6) is 1.41. The molecule has 5 heteroatoms. The number of carbonyl (C=O) groups is 1. The molecule has 2 N–H and O–H groups in total. The molecule has 1 amide bonds. The summed E-state index contributed by atoms with van der Waals surface area (Å²) in [6.45, 7) is 2.31. The molecule has 0 spiro atoms. The van der Waals surface area contributed by atoms with Gasteiger partial charge in [0.25, 0.3) is 0 Å². The van der Waals surface area contributed by atoms with Crippen LogP contribution in [0.5, 0.6) is 0 Å². The molecule has 98 valence electrons. The topological polar surface area (TPSA) is 64.2 Å². The molecule has 2 aliphatic rings. The number of imidazole rings is 1. The van der Waals surface area contributed by atoms with E-state index in [-0.39, 0.29) is 17.9 Å². The first-order valence-corrected chi connectivity index (χ1v) is 6.78. The van der Waals surface area contributed by atoms with E-state index in [1.54, 1.807) is 6.20 Å². The van der Waals surface area contributed by atoms with Gasteiger partial charge >= 0.3 is 0 Å². The van der Waals surface area contributed by atoms with Crippen molar-refractivity contribution in [2.45, 2.75) is 44.8 Å². The molecule has 0 aromatic carbocycles. The third kappa shape index (κ3) is 2.14. The summed E-state index contributed by atoms with van der Waals surface area (Å²) in [7, 11) is 0. The Morgan fingerprint density at radius 2 is 2.28 bits per heavy atom. The van der Waals surface area contributed by atoms with Gasteiger partial charge in [0.1, 0.15) is 5.82 Å². The second kappa shape index (κ2) is 4.72. The van der Waals surface area contributed by atoms with Gasteiger partial charge in [-0.25, -0.2) is 4.98 Å². The first kappa shape index (κ1) is 11.7. The van der Waals surface area contributed by atoms with E-state index in [9.17, 15) is 4.79 Å². The van der Waals surface area contributed by atoms with E-state index in [2.05, 4.69) is 9.55 Å². The van der Waals surface area contributed by atoms with Crippen molar-refractivity contribution >= 4 is 5.91 Å². The van der Waals surface area contributed by atoms with Gasteiger partial charge in [-0.3, -0.25) is 4.79 Å². The molecule has 0 radical (unpaired) electrons. The summed E-state index contributed by atoms with van der Waals surface area (Å²) in [6, 6.07) is 0.208. The van der Waals surface area contributed by atoms with Crippen molar-refractivity contribution in [3.8, 4) is 0 Å². The predicted octanol–water partition coefficient (Wildman–Crippen LogP) is 0.743. The van der Waals surface area contributed by atoms with Crippen molar-refractivity contribution in [2.75, 3.05) is 6.54 Å². The fraction of sp³-hybridized carbons (Fsp3) is 0.692. The van der Waals surface area contributed by atoms with Crippen LogP contribution in [0.2, 0.25) is 0 Å². The molecule has 1 aliphatic carbocycles. The Morgan fingerprint density at radius 1 is 1.39 bits per heavy atom. The van der Waals surface area contributed by atoms with Crippen molar-refractivity contribution in [1.29, 1.82) is 0 Å². The van der Waals surface area contributed by atoms with E-state index in [0.29, 0.717) is 6.54 Å². The molecular weight excluding hydrogens is 228 g/mol. The number of carbonyl (C=O) groups excluding carboxylic acids is 1. The van der Waals surface area contributed by atoms with E-state index in [4.69, 9.17) is 5.73 Å². The normalized spacial score (nSPS) is 27.9. The lowest BCUT2D eigenvalue weighted by atomic mass is 9.85. The highest BCUT2D eigenvalue weighted by molar-refractivity contribution is 5.79. The first-order valence-electron chi connectivity index (χ1n) is 6.78. The Labute approximate surface area is 107 Å². The van der Waals surface area contributed by atoms with Gasteiger partial charge in [-0.15, -0.1) is 0 Å². The molecule has 0 bridgehead atoms. The number of hydrogen-bond acceptors (Lipinski definition) is 3. The average Bonchev–Trinajstić information content (AvgIpc) is 2.85. The number of aromatic nitrogens is 2. The Kier molecular flexibility index (Phi) is 3.07. The van der Waals surface area contributed by atoms with Crippen LogP contribution < -0.4 is 5.73 Å². The Bertz CT molecular complexity index is 442. The standard InChI is InChI=1S/C13H20N4O/c14-11-3-1-2-10(8-11)13(18)17-7-6-16-5-4-15-12(16)9-17/h4-5,10-11H,1-3,6-9,14H2. The highest BCUT2D eigenvalue weighted by Gasteiger charge is 2.30. The van der Waals surface area contributed by atoms with Gasteiger partial charge in [0, 0.05) is 37.4 Å². The highest BCUT2D eigenvalue weighted by Crippen LogP contribution is 2.26. The summed E-state index contributed by atoms with van der Waals surface area (Å²) in [5.41, 5.74) is 5.97. The lowest BCUT2D eigenvalue weighted by Crippen LogP contribution is -2.44. The molecule has 18 heavy (non-hydrogen) atoms. The molecule has 0 saturated heterocycles. The molecule has 1 aromatic heterocycles. The molecule has 1 fully saturated rings. The van der Waals surface area contributed by atoms with E-state index in [1.807, 2.05) is 11.1 Å². The molecular formula is C13H20N4O. The van der Waals surface area contributed by atoms with Gasteiger partial charge < -0.3 is 15.2 Å². The maximum atomic E-state index is 12.5. The average molecular weight is 248 g/mol. The van der Waals surface area contributed by atoms with Crippen LogP contribution in [-0.2, 0) is 17.9 Å². The summed E-state index contributed by atoms with van der Waals surface area (Å²) >= 11 is 0. The van der Waals surface area contributed by atoms with Crippen LogP contribution in [0.3, 0.4) is 0 Å². The van der Waals surface area contributed by atoms with Crippen molar-refractivity contribution < 1.29 is 4.79 Å². The summed E-state index contributed by atoms with van der Waals surface area (Å²) < 4.78 is 2.12. The van der Waals surface area contributed by atoms with E-state index >= 15 is 0 Å². The number of fused-ring (bicyclic) bond motifs is 1. The monoisotopic (exact) mass is 248 g/mol. The van der Waals surface area contributed by atoms with Crippen molar-refractivity contribution in [3.63, 3.8) is 0 Å². The van der Waals surface area contributed by atoms with Crippen LogP contribution in [0.4, 0.5) is 0 Å². The second-order valence-electron chi connectivity index (χ2n) is 5.42. The Morgan fingerprint density at radius 3 is 3.11 bits per heavy atom. The molecule has 2 atom stereocenters. The second-order valence-corrected chi connectivity index (χ2v) is 5.42. The number of rotatable bonds is 1. The number of hydrogen-bond donors (Lipinski definition) is 1. The fourth-order valence-electron chi connectivity index (χ4n) is 3.07. The zero-order valence-corrected chi connectivity index (χ0v) is 10.6. The molecule has 5 nitrogen and oxygen atoms in total. The lowest BCUT2D eigenvalue weighted by Gasteiger charge is -2.33. The minimum absolute atomic E-state index is 0.135. The third-order valence-electron chi connectivity index (χ3n) is 4.12. The number of amides is 1. The summed E-state index contributed by atoms with van der Waals surface area (Å²) in [5, 5.41) is 0. The van der Waals surface area contributed by atoms with Crippen LogP contribution >= 0.6 is 0 Å². The van der Waals surface area contributed by atoms with E-state index in [1.165, 1.54) is 0 Å². The summed E-state index contributed by atoms with van der Waals surface area (Å²) in [4.78, 5) is 18.7. The smallest absolute Gasteiger partial charge is 0.226 e. The highest BCUT2D eigenvalue weighted by atomic mass is 16.2. The molecule has 2 heterocycles. The minimum Gasteiger partial charge on any atom is -0.333 e. The van der Waals surface area contributed by atoms with Crippen LogP contribution in [0.15, 0.2) is 12.4 Å².